The molecule has 0 unspecified atom stereocenters. The zero-order valence-electron chi connectivity index (χ0n) is 16.1. The number of hydrogen-bond donors (Lipinski definition) is 1. The van der Waals surface area contributed by atoms with Crippen LogP contribution in [0.2, 0.25) is 0 Å². The normalized spacial score (nSPS) is 14.6. The minimum absolute atomic E-state index is 0.0652. The Morgan fingerprint density at radius 2 is 1.62 bits per heavy atom. The third-order valence-corrected chi connectivity index (χ3v) is 5.14. The molecule has 0 aliphatic carbocycles. The van der Waals surface area contributed by atoms with Crippen molar-refractivity contribution in [2.24, 2.45) is 0 Å². The van der Waals surface area contributed by atoms with Crippen LogP contribution in [0.15, 0.2) is 24.3 Å². The second kappa shape index (κ2) is 7.36. The predicted octanol–water partition coefficient (Wildman–Crippen LogP) is 2.78. The maximum absolute atomic E-state index is 12.8. The van der Waals surface area contributed by atoms with Crippen molar-refractivity contribution in [2.45, 2.75) is 34.1 Å². The van der Waals surface area contributed by atoms with Gasteiger partial charge in [0.1, 0.15) is 0 Å². The summed E-state index contributed by atoms with van der Waals surface area (Å²) in [4.78, 5) is 32.4. The molecule has 1 N–H and O–H groups in total. The average molecular weight is 353 g/mol. The average Bonchev–Trinajstić information content (AvgIpc) is 2.93. The molecule has 138 valence electrons. The molecule has 0 saturated carbocycles. The molecule has 1 fully saturated rings. The van der Waals surface area contributed by atoms with Crippen molar-refractivity contribution >= 4 is 11.8 Å². The van der Waals surface area contributed by atoms with Crippen LogP contribution in [0.4, 0.5) is 0 Å². The summed E-state index contributed by atoms with van der Waals surface area (Å²) in [6, 6.07) is 8.00. The molecule has 0 atom stereocenters. The van der Waals surface area contributed by atoms with Crippen molar-refractivity contribution in [1.29, 1.82) is 0 Å². The second-order valence-electron chi connectivity index (χ2n) is 7.27. The number of aromatic amines is 1. The van der Waals surface area contributed by atoms with Gasteiger partial charge >= 0.3 is 0 Å². The van der Waals surface area contributed by atoms with E-state index >= 15 is 0 Å². The number of aromatic nitrogens is 1. The molecule has 26 heavy (non-hydrogen) atoms. The number of piperazine rings is 1. The van der Waals surface area contributed by atoms with Gasteiger partial charge in [0.05, 0.1) is 6.42 Å². The Bertz CT molecular complexity index is 830. The van der Waals surface area contributed by atoms with Crippen molar-refractivity contribution < 1.29 is 9.59 Å². The summed E-state index contributed by atoms with van der Waals surface area (Å²) in [6.45, 7) is 10.3. The van der Waals surface area contributed by atoms with E-state index < -0.39 is 0 Å². The molecule has 0 spiro atoms. The van der Waals surface area contributed by atoms with Gasteiger partial charge in [0, 0.05) is 43.1 Å². The molecule has 2 aromatic rings. The number of nitrogens with zero attached hydrogens (tertiary/aromatic N) is 2. The van der Waals surface area contributed by atoms with Gasteiger partial charge in [-0.05, 0) is 51.0 Å². The molecule has 2 amide bonds. The second-order valence-corrected chi connectivity index (χ2v) is 7.27. The molecular weight excluding hydrogens is 326 g/mol. The van der Waals surface area contributed by atoms with Crippen LogP contribution in [0.5, 0.6) is 0 Å². The summed E-state index contributed by atoms with van der Waals surface area (Å²) in [5.41, 5.74) is 6.04. The quantitative estimate of drug-likeness (QED) is 0.922. The summed E-state index contributed by atoms with van der Waals surface area (Å²) >= 11 is 0. The molecule has 5 nitrogen and oxygen atoms in total. The van der Waals surface area contributed by atoms with Crippen molar-refractivity contribution in [3.8, 4) is 0 Å². The standard InChI is InChI=1S/C21H27N3O2/c1-14-5-6-15(2)19(11-14)21(26)24-9-7-23(8-10-24)20(25)13-18-12-16(3)22-17(18)4/h5-6,11-12,22H,7-10,13H2,1-4H3. The van der Waals surface area contributed by atoms with Crippen molar-refractivity contribution in [1.82, 2.24) is 14.8 Å². The van der Waals surface area contributed by atoms with Crippen LogP contribution in [0.1, 0.15) is 38.4 Å². The lowest BCUT2D eigenvalue weighted by Crippen LogP contribution is -2.51. The first-order valence-corrected chi connectivity index (χ1v) is 9.14. The molecule has 2 heterocycles. The highest BCUT2D eigenvalue weighted by molar-refractivity contribution is 5.96. The van der Waals surface area contributed by atoms with E-state index in [0.29, 0.717) is 32.6 Å². The van der Waals surface area contributed by atoms with Crippen LogP contribution < -0.4 is 0 Å². The zero-order valence-corrected chi connectivity index (χ0v) is 16.1. The Balaban J connectivity index is 1.60. The molecule has 1 aliphatic rings. The summed E-state index contributed by atoms with van der Waals surface area (Å²) in [5.74, 6) is 0.196. The first-order chi connectivity index (χ1) is 12.3. The highest BCUT2D eigenvalue weighted by Gasteiger charge is 2.26. The van der Waals surface area contributed by atoms with Crippen LogP contribution in [0, 0.1) is 27.7 Å². The fourth-order valence-corrected chi connectivity index (χ4v) is 3.54. The van der Waals surface area contributed by atoms with Crippen LogP contribution in [-0.2, 0) is 11.2 Å². The smallest absolute Gasteiger partial charge is 0.254 e. The molecule has 1 aliphatic heterocycles. The van der Waals surface area contributed by atoms with Gasteiger partial charge in [0.2, 0.25) is 5.91 Å². The highest BCUT2D eigenvalue weighted by Crippen LogP contribution is 2.16. The van der Waals surface area contributed by atoms with Gasteiger partial charge in [-0.25, -0.2) is 0 Å². The monoisotopic (exact) mass is 353 g/mol. The Hall–Kier alpha value is -2.56. The molecular formula is C21H27N3O2. The van der Waals surface area contributed by atoms with Crippen molar-refractivity contribution in [3.63, 3.8) is 0 Å². The molecule has 0 bridgehead atoms. The van der Waals surface area contributed by atoms with Crippen LogP contribution in [-0.4, -0.2) is 52.8 Å². The molecule has 1 aromatic heterocycles. The van der Waals surface area contributed by atoms with Gasteiger partial charge in [0.15, 0.2) is 0 Å². The van der Waals surface area contributed by atoms with Gasteiger partial charge in [-0.3, -0.25) is 9.59 Å². The van der Waals surface area contributed by atoms with E-state index in [9.17, 15) is 9.59 Å². The Kier molecular flexibility index (Phi) is 5.16. The Morgan fingerprint density at radius 1 is 0.962 bits per heavy atom. The summed E-state index contributed by atoms with van der Waals surface area (Å²) in [7, 11) is 0. The van der Waals surface area contributed by atoms with E-state index in [2.05, 4.69) is 4.98 Å². The van der Waals surface area contributed by atoms with Crippen molar-refractivity contribution in [2.75, 3.05) is 26.2 Å². The topological polar surface area (TPSA) is 56.4 Å². The highest BCUT2D eigenvalue weighted by atomic mass is 16.2. The van der Waals surface area contributed by atoms with Crippen LogP contribution >= 0.6 is 0 Å². The van der Waals surface area contributed by atoms with Crippen LogP contribution in [0.3, 0.4) is 0 Å². The third kappa shape index (κ3) is 3.82. The lowest BCUT2D eigenvalue weighted by Gasteiger charge is -2.35. The lowest BCUT2D eigenvalue weighted by molar-refractivity contribution is -0.131. The predicted molar refractivity (Wildman–Crippen MR) is 102 cm³/mol. The van der Waals surface area contributed by atoms with E-state index in [-0.39, 0.29) is 11.8 Å². The number of hydrogen-bond acceptors (Lipinski definition) is 2. The van der Waals surface area contributed by atoms with Crippen molar-refractivity contribution in [3.05, 3.63) is 57.9 Å². The molecule has 0 radical (unpaired) electrons. The number of H-pyrrole nitrogens is 1. The van der Waals surface area contributed by atoms with Gasteiger partial charge < -0.3 is 14.8 Å². The SMILES string of the molecule is Cc1ccc(C)c(C(=O)N2CCN(C(=O)Cc3cc(C)[nH]c3C)CC2)c1. The largest absolute Gasteiger partial charge is 0.362 e. The molecule has 3 rings (SSSR count). The fraction of sp³-hybridized carbons (Fsp3) is 0.429. The minimum Gasteiger partial charge on any atom is -0.362 e. The van der Waals surface area contributed by atoms with E-state index in [4.69, 9.17) is 0 Å². The number of amides is 2. The van der Waals surface area contributed by atoms with Gasteiger partial charge in [-0.15, -0.1) is 0 Å². The molecule has 1 aromatic carbocycles. The summed E-state index contributed by atoms with van der Waals surface area (Å²) in [5, 5.41) is 0. The number of rotatable bonds is 3. The molecule has 1 saturated heterocycles. The Morgan fingerprint density at radius 3 is 2.23 bits per heavy atom. The van der Waals surface area contributed by atoms with Crippen LogP contribution in [0.25, 0.3) is 0 Å². The number of nitrogens with one attached hydrogen (secondary N) is 1. The maximum atomic E-state index is 12.8. The number of aryl methyl sites for hydroxylation is 4. The van der Waals surface area contributed by atoms with Gasteiger partial charge in [0.25, 0.3) is 5.91 Å². The summed E-state index contributed by atoms with van der Waals surface area (Å²) in [6.07, 6.45) is 0.418. The van der Waals surface area contributed by atoms with Gasteiger partial charge in [-0.2, -0.15) is 0 Å². The third-order valence-electron chi connectivity index (χ3n) is 5.14. The van der Waals surface area contributed by atoms with E-state index in [1.54, 1.807) is 0 Å². The minimum atomic E-state index is 0.0652. The zero-order chi connectivity index (χ0) is 18.8. The Labute approximate surface area is 155 Å². The number of carbonyl (C=O) groups is 2. The van der Waals surface area contributed by atoms with Gasteiger partial charge in [-0.1, -0.05) is 17.7 Å². The number of benzene rings is 1. The van der Waals surface area contributed by atoms with E-state index in [0.717, 1.165) is 33.6 Å². The van der Waals surface area contributed by atoms with E-state index in [1.165, 1.54) is 0 Å². The maximum Gasteiger partial charge on any atom is 0.254 e. The first kappa shape index (κ1) is 18.2. The lowest BCUT2D eigenvalue weighted by atomic mass is 10.0. The number of carbonyl (C=O) groups excluding carboxylic acids is 2. The van der Waals surface area contributed by atoms with E-state index in [1.807, 2.05) is 61.8 Å². The fourth-order valence-electron chi connectivity index (χ4n) is 3.54. The molecule has 5 heteroatoms. The summed E-state index contributed by atoms with van der Waals surface area (Å²) < 4.78 is 0. The first-order valence-electron chi connectivity index (χ1n) is 9.14.